The molecule has 4 aromatic heterocycles. The van der Waals surface area contributed by atoms with E-state index in [1.54, 1.807) is 0 Å². The summed E-state index contributed by atoms with van der Waals surface area (Å²) in [5, 5.41) is 13.4. The maximum atomic E-state index is 14.6. The van der Waals surface area contributed by atoms with Crippen LogP contribution in [0, 0.1) is 11.8 Å². The molecular formula is C53H54N10O2. The number of hydrogen-bond donors (Lipinski definition) is 3. The van der Waals surface area contributed by atoms with Crippen LogP contribution >= 0.6 is 0 Å². The smallest absolute Gasteiger partial charge is 0.272 e. The number of fused-ring (bicyclic) bond motifs is 10. The number of pyridine rings is 2. The Balaban J connectivity index is 0.716. The highest BCUT2D eigenvalue weighted by atomic mass is 16.2. The zero-order chi connectivity index (χ0) is 44.5. The minimum absolute atomic E-state index is 0.0152. The van der Waals surface area contributed by atoms with Crippen molar-refractivity contribution < 1.29 is 9.59 Å². The van der Waals surface area contributed by atoms with Crippen molar-refractivity contribution in [3.8, 4) is 56.9 Å². The van der Waals surface area contributed by atoms with Gasteiger partial charge >= 0.3 is 0 Å². The molecule has 0 bridgehead atoms. The Hall–Kier alpha value is -6.42. The number of aromatic nitrogens is 6. The Kier molecular flexibility index (Phi) is 8.82. The maximum absolute atomic E-state index is 14.6. The van der Waals surface area contributed by atoms with E-state index in [0.717, 1.165) is 149 Å². The SMILES string of the molecule is CC(C)(N)C#Cc1ccc(-c2cc3c(cn2)CCc2c-3nn3c2C(=O)N(CCC(C)(N)CCc2ccc(-c4cc5c(cn4)CCc4c-5nn5c4C(=O)NC4(CC4)C5)cc2)C2(CC2)C3)cc1. The lowest BCUT2D eigenvalue weighted by Gasteiger charge is -2.39. The predicted octanol–water partition coefficient (Wildman–Crippen LogP) is 6.83. The molecular weight excluding hydrogens is 809 g/mol. The van der Waals surface area contributed by atoms with Crippen molar-refractivity contribution in [2.24, 2.45) is 11.5 Å². The summed E-state index contributed by atoms with van der Waals surface area (Å²) >= 11 is 0. The van der Waals surface area contributed by atoms with Crippen LogP contribution in [0.25, 0.3) is 45.0 Å². The summed E-state index contributed by atoms with van der Waals surface area (Å²) in [4.78, 5) is 39.6. The third-order valence-electron chi connectivity index (χ3n) is 14.9. The Labute approximate surface area is 379 Å². The molecule has 65 heavy (non-hydrogen) atoms. The standard InChI is InChI=1S/C53H54N10O2/c1-50(2,54)18-16-32-4-8-34(9-5-32)43-27-41-37(29-57-43)13-15-39-45(41)60-63-31-53(22-23-53)61(49(65)47(39)63)25-24-51(3,55)19-17-33-6-10-35(11-7-33)42-26-40-36(28-56-42)12-14-38-44(40)59-62-30-52(20-21-52)58-48(64)46(38)62/h4-11,26-29H,12-15,17,19-25,30-31,54-55H2,1-3H3,(H,58,64). The molecule has 5 N–H and O–H groups in total. The highest BCUT2D eigenvalue weighted by Gasteiger charge is 2.55. The largest absolute Gasteiger partial charge is 0.343 e. The van der Waals surface area contributed by atoms with E-state index >= 15 is 0 Å². The monoisotopic (exact) mass is 862 g/mol. The summed E-state index contributed by atoms with van der Waals surface area (Å²) in [5.41, 5.74) is 27.6. The van der Waals surface area contributed by atoms with E-state index in [2.05, 4.69) is 65.4 Å². The number of nitrogens with zero attached hydrogens (tertiary/aromatic N) is 7. The first-order chi connectivity index (χ1) is 31.2. The fraction of sp³-hybridized carbons (Fsp3) is 0.396. The number of amides is 2. The first-order valence-electron chi connectivity index (χ1n) is 23.4. The molecule has 12 heteroatoms. The number of nitrogens with one attached hydrogen (secondary N) is 1. The van der Waals surface area contributed by atoms with E-state index in [0.29, 0.717) is 19.5 Å². The zero-order valence-electron chi connectivity index (χ0n) is 37.4. The minimum atomic E-state index is -0.555. The van der Waals surface area contributed by atoms with Crippen LogP contribution in [-0.2, 0) is 45.2 Å². The first kappa shape index (κ1) is 40.1. The Morgan fingerprint density at radius 1 is 0.723 bits per heavy atom. The number of rotatable bonds is 8. The molecule has 12 rings (SSSR count). The number of hydrogen-bond acceptors (Lipinski definition) is 8. The van der Waals surface area contributed by atoms with Gasteiger partial charge in [0.05, 0.1) is 52.5 Å². The van der Waals surface area contributed by atoms with Gasteiger partial charge in [0.2, 0.25) is 0 Å². The number of carbonyl (C=O) groups is 2. The van der Waals surface area contributed by atoms with Crippen LogP contribution in [0.1, 0.15) is 114 Å². The Bertz CT molecular complexity index is 3040. The van der Waals surface area contributed by atoms with Gasteiger partial charge in [-0.2, -0.15) is 10.2 Å². The molecule has 1 unspecified atom stereocenters. The van der Waals surface area contributed by atoms with Gasteiger partial charge in [0, 0.05) is 63.4 Å². The van der Waals surface area contributed by atoms with Crippen molar-refractivity contribution in [2.75, 3.05) is 6.54 Å². The zero-order valence-corrected chi connectivity index (χ0v) is 37.4. The average molecular weight is 863 g/mol. The van der Waals surface area contributed by atoms with Crippen molar-refractivity contribution in [2.45, 2.75) is 127 Å². The van der Waals surface area contributed by atoms with E-state index < -0.39 is 11.1 Å². The number of carbonyl (C=O) groups excluding carboxylic acids is 2. The highest BCUT2D eigenvalue weighted by molar-refractivity contribution is 5.99. The molecule has 2 amide bonds. The van der Waals surface area contributed by atoms with Gasteiger partial charge in [-0.25, -0.2) is 0 Å². The fourth-order valence-electron chi connectivity index (χ4n) is 10.7. The molecule has 2 spiro atoms. The van der Waals surface area contributed by atoms with Gasteiger partial charge in [-0.15, -0.1) is 0 Å². The van der Waals surface area contributed by atoms with Gasteiger partial charge < -0.3 is 21.7 Å². The first-order valence-corrected chi connectivity index (χ1v) is 23.4. The fourth-order valence-corrected chi connectivity index (χ4v) is 10.7. The van der Waals surface area contributed by atoms with E-state index in [4.69, 9.17) is 31.6 Å². The summed E-state index contributed by atoms with van der Waals surface area (Å²) < 4.78 is 3.96. The van der Waals surface area contributed by atoms with E-state index in [1.807, 2.05) is 59.9 Å². The van der Waals surface area contributed by atoms with Gasteiger partial charge in [0.25, 0.3) is 11.8 Å². The molecule has 6 heterocycles. The summed E-state index contributed by atoms with van der Waals surface area (Å²) in [5.74, 6) is 6.36. The molecule has 12 nitrogen and oxygen atoms in total. The van der Waals surface area contributed by atoms with Gasteiger partial charge in [0.1, 0.15) is 11.4 Å². The van der Waals surface area contributed by atoms with Crippen LogP contribution < -0.4 is 16.8 Å². The van der Waals surface area contributed by atoms with Crippen molar-refractivity contribution >= 4 is 11.8 Å². The van der Waals surface area contributed by atoms with Gasteiger partial charge in [-0.05, 0) is 132 Å². The normalized spacial score (nSPS) is 18.9. The third-order valence-corrected chi connectivity index (χ3v) is 14.9. The van der Waals surface area contributed by atoms with Crippen LogP contribution in [0.3, 0.4) is 0 Å². The van der Waals surface area contributed by atoms with Crippen LogP contribution in [0.15, 0.2) is 73.1 Å². The van der Waals surface area contributed by atoms with Crippen LogP contribution in [0.4, 0.5) is 0 Å². The second-order valence-electron chi connectivity index (χ2n) is 20.7. The average Bonchev–Trinajstić information content (AvgIpc) is 4.15. The van der Waals surface area contributed by atoms with Crippen LogP contribution in [0.5, 0.6) is 0 Å². The Morgan fingerprint density at radius 2 is 1.31 bits per heavy atom. The van der Waals surface area contributed by atoms with Crippen molar-refractivity contribution in [3.05, 3.63) is 118 Å². The van der Waals surface area contributed by atoms with Gasteiger partial charge in [-0.1, -0.05) is 48.2 Å². The molecule has 0 saturated heterocycles. The molecule has 1 atom stereocenters. The quantitative estimate of drug-likeness (QED) is 0.140. The molecule has 2 fully saturated rings. The van der Waals surface area contributed by atoms with Crippen molar-refractivity contribution in [3.63, 3.8) is 0 Å². The van der Waals surface area contributed by atoms with E-state index in [1.165, 1.54) is 11.1 Å². The minimum Gasteiger partial charge on any atom is -0.343 e. The molecule has 2 saturated carbocycles. The van der Waals surface area contributed by atoms with Crippen LogP contribution in [-0.4, -0.2) is 74.9 Å². The lowest BCUT2D eigenvalue weighted by Crippen LogP contribution is -2.52. The summed E-state index contributed by atoms with van der Waals surface area (Å²) in [7, 11) is 0. The van der Waals surface area contributed by atoms with E-state index in [-0.39, 0.29) is 22.9 Å². The number of benzene rings is 2. The van der Waals surface area contributed by atoms with E-state index in [9.17, 15) is 9.59 Å². The molecule has 4 aliphatic carbocycles. The second kappa shape index (κ2) is 14.3. The molecule has 2 aromatic carbocycles. The third kappa shape index (κ3) is 7.07. The van der Waals surface area contributed by atoms with Gasteiger partial charge in [-0.3, -0.25) is 28.9 Å². The van der Waals surface area contributed by atoms with Crippen LogP contribution in [0.2, 0.25) is 0 Å². The van der Waals surface area contributed by atoms with Crippen molar-refractivity contribution in [1.82, 2.24) is 39.7 Å². The lowest BCUT2D eigenvalue weighted by molar-refractivity contribution is 0.0517. The molecule has 6 aromatic rings. The molecule has 0 radical (unpaired) electrons. The second-order valence-corrected chi connectivity index (χ2v) is 20.7. The van der Waals surface area contributed by atoms with Gasteiger partial charge in [0.15, 0.2) is 0 Å². The van der Waals surface area contributed by atoms with Crippen molar-refractivity contribution in [1.29, 1.82) is 0 Å². The highest BCUT2D eigenvalue weighted by Crippen LogP contribution is 2.49. The topological polar surface area (TPSA) is 163 Å². The predicted molar refractivity (Wildman–Crippen MR) is 250 cm³/mol. The number of aryl methyl sites for hydroxylation is 3. The molecule has 2 aliphatic heterocycles. The summed E-state index contributed by atoms with van der Waals surface area (Å²) in [6.07, 6.45) is 13.5. The number of nitrogens with two attached hydrogens (primary N) is 2. The Morgan fingerprint density at radius 3 is 1.89 bits per heavy atom. The molecule has 328 valence electrons. The lowest BCUT2D eigenvalue weighted by atomic mass is 9.88. The molecule has 6 aliphatic rings. The summed E-state index contributed by atoms with van der Waals surface area (Å²) in [6, 6.07) is 21.0. The maximum Gasteiger partial charge on any atom is 0.272 e. The summed E-state index contributed by atoms with van der Waals surface area (Å²) in [6.45, 7) is 8.00.